The Labute approximate surface area is 215 Å². The molecule has 1 aliphatic carbocycles. The number of benzene rings is 2. The van der Waals surface area contributed by atoms with E-state index in [0.29, 0.717) is 16.7 Å². The molecule has 0 saturated carbocycles. The summed E-state index contributed by atoms with van der Waals surface area (Å²) in [6, 6.07) is 5.97. The summed E-state index contributed by atoms with van der Waals surface area (Å²) in [4.78, 5) is 36.4. The van der Waals surface area contributed by atoms with Crippen molar-refractivity contribution in [3.8, 4) is 23.0 Å². The van der Waals surface area contributed by atoms with E-state index in [4.69, 9.17) is 53.8 Å². The van der Waals surface area contributed by atoms with Crippen molar-refractivity contribution in [1.82, 2.24) is 0 Å². The minimum Gasteiger partial charge on any atom is -0.456 e. The Morgan fingerprint density at radius 2 is 1.51 bits per heavy atom. The molecule has 7 nitrogen and oxygen atoms in total. The number of rotatable bonds is 3. The van der Waals surface area contributed by atoms with Gasteiger partial charge in [0.25, 0.3) is 0 Å². The molecule has 3 aliphatic rings. The monoisotopic (exact) mass is 534 g/mol. The molecular weight excluding hydrogens is 519 g/mol. The number of carbonyl (C=O) groups is 3. The van der Waals surface area contributed by atoms with Crippen LogP contribution in [0.15, 0.2) is 48.1 Å². The van der Waals surface area contributed by atoms with Gasteiger partial charge in [-0.2, -0.15) is 0 Å². The van der Waals surface area contributed by atoms with Gasteiger partial charge in [-0.3, -0.25) is 14.4 Å². The van der Waals surface area contributed by atoms with Crippen molar-refractivity contribution >= 4 is 52.7 Å². The first-order chi connectivity index (χ1) is 16.6. The number of halogens is 3. The fourth-order valence-corrected chi connectivity index (χ4v) is 5.42. The molecule has 0 N–H and O–H groups in total. The second kappa shape index (κ2) is 8.59. The number of hydrogen-bond donors (Lipinski definition) is 0. The molecular formula is C25H17Cl3O7. The fraction of sp³-hybridized carbons (Fsp3) is 0.240. The molecule has 10 heteroatoms. The maximum absolute atomic E-state index is 13.3. The summed E-state index contributed by atoms with van der Waals surface area (Å²) in [5, 5.41) is 0.238. The van der Waals surface area contributed by atoms with Crippen molar-refractivity contribution in [3.63, 3.8) is 0 Å². The molecule has 2 aliphatic heterocycles. The predicted octanol–water partition coefficient (Wildman–Crippen LogP) is 5.72. The zero-order valence-corrected chi connectivity index (χ0v) is 20.7. The third-order valence-corrected chi connectivity index (χ3v) is 6.99. The van der Waals surface area contributed by atoms with E-state index in [2.05, 4.69) is 0 Å². The summed E-state index contributed by atoms with van der Waals surface area (Å²) in [7, 11) is 0. The molecule has 2 unspecified atom stereocenters. The van der Waals surface area contributed by atoms with Crippen LogP contribution < -0.4 is 14.2 Å². The predicted molar refractivity (Wildman–Crippen MR) is 127 cm³/mol. The highest BCUT2D eigenvalue weighted by atomic mass is 35.5. The van der Waals surface area contributed by atoms with Crippen molar-refractivity contribution in [3.05, 3.63) is 69.2 Å². The maximum atomic E-state index is 13.3. The molecule has 2 atom stereocenters. The second-order valence-electron chi connectivity index (χ2n) is 8.25. The van der Waals surface area contributed by atoms with E-state index < -0.39 is 29.4 Å². The first-order valence-corrected chi connectivity index (χ1v) is 11.8. The lowest BCUT2D eigenvalue weighted by Gasteiger charge is -2.38. The van der Waals surface area contributed by atoms with Crippen LogP contribution in [0.4, 0.5) is 0 Å². The number of hydrogen-bond acceptors (Lipinski definition) is 7. The van der Waals surface area contributed by atoms with E-state index in [1.54, 1.807) is 6.08 Å². The van der Waals surface area contributed by atoms with Crippen LogP contribution >= 0.6 is 34.8 Å². The molecule has 0 radical (unpaired) electrons. The van der Waals surface area contributed by atoms with Crippen molar-refractivity contribution in [2.75, 3.05) is 5.88 Å². The van der Waals surface area contributed by atoms with Gasteiger partial charge in [-0.1, -0.05) is 41.4 Å². The largest absolute Gasteiger partial charge is 0.456 e. The Morgan fingerprint density at radius 1 is 0.971 bits per heavy atom. The molecule has 2 heterocycles. The lowest BCUT2D eigenvalue weighted by molar-refractivity contribution is -0.149. The number of carbonyl (C=O) groups excluding carboxylic acids is 3. The lowest BCUT2D eigenvalue weighted by Crippen LogP contribution is -2.34. The van der Waals surface area contributed by atoms with Gasteiger partial charge in [0.1, 0.15) is 11.5 Å². The molecule has 180 valence electrons. The molecule has 1 fully saturated rings. The van der Waals surface area contributed by atoms with Gasteiger partial charge in [-0.05, 0) is 17.7 Å². The summed E-state index contributed by atoms with van der Waals surface area (Å²) in [5.41, 5.74) is 0.0335. The maximum Gasteiger partial charge on any atom is 0.315 e. The second-order valence-corrected chi connectivity index (χ2v) is 9.37. The Kier molecular flexibility index (Phi) is 5.82. The highest BCUT2D eigenvalue weighted by Gasteiger charge is 2.59. The quantitative estimate of drug-likeness (QED) is 0.282. The van der Waals surface area contributed by atoms with Gasteiger partial charge in [0.15, 0.2) is 17.1 Å². The topological polar surface area (TPSA) is 88.1 Å². The van der Waals surface area contributed by atoms with Gasteiger partial charge in [-0.25, -0.2) is 0 Å². The number of allylic oxidation sites excluding steroid dienone is 3. The highest BCUT2D eigenvalue weighted by molar-refractivity contribution is 6.32. The van der Waals surface area contributed by atoms with Crippen molar-refractivity contribution in [2.24, 2.45) is 11.8 Å². The van der Waals surface area contributed by atoms with Crippen LogP contribution in [0.5, 0.6) is 23.0 Å². The molecule has 35 heavy (non-hydrogen) atoms. The Bertz CT molecular complexity index is 1290. The van der Waals surface area contributed by atoms with Gasteiger partial charge < -0.3 is 18.9 Å². The Morgan fingerprint density at radius 3 is 2.00 bits per heavy atom. The normalized spacial score (nSPS) is 20.7. The standard InChI is InChI=1S/C25H17Cl3O7/c1-11(29)32-21-8-19-15(6-17(21)27)25(14-5-3-4-13(10-26)23(14)24(31)35-25)16-7-18(28)22(33-12(2)30)9-20(16)34-19/h3-9,13,23H,10H2,1-2H3. The third-order valence-electron chi connectivity index (χ3n) is 6.04. The minimum absolute atomic E-state index is 0.0720. The number of esters is 3. The van der Waals surface area contributed by atoms with Gasteiger partial charge in [-0.15, -0.1) is 11.6 Å². The van der Waals surface area contributed by atoms with E-state index in [1.165, 1.54) is 38.1 Å². The minimum atomic E-state index is -1.45. The van der Waals surface area contributed by atoms with Gasteiger partial charge in [0, 0.05) is 48.9 Å². The smallest absolute Gasteiger partial charge is 0.315 e. The molecule has 5 rings (SSSR count). The molecule has 2 aromatic carbocycles. The zero-order chi connectivity index (χ0) is 25.1. The van der Waals surface area contributed by atoms with Crippen LogP contribution in [-0.4, -0.2) is 23.8 Å². The SMILES string of the molecule is CC(=O)Oc1cc2c(cc1Cl)C1(OC(=O)C3C1=CC=CC3CCl)c1cc(Cl)c(OC(C)=O)cc1O2. The number of alkyl halides is 1. The van der Waals surface area contributed by atoms with Crippen LogP contribution in [-0.2, 0) is 24.7 Å². The molecule has 0 aromatic heterocycles. The molecule has 0 bridgehead atoms. The summed E-state index contributed by atoms with van der Waals surface area (Å²) in [6.45, 7) is 2.49. The average molecular weight is 536 g/mol. The van der Waals surface area contributed by atoms with Crippen LogP contribution in [0, 0.1) is 11.8 Å². The van der Waals surface area contributed by atoms with Crippen LogP contribution in [0.2, 0.25) is 10.0 Å². The van der Waals surface area contributed by atoms with Gasteiger partial charge in [0.2, 0.25) is 0 Å². The van der Waals surface area contributed by atoms with Crippen LogP contribution in [0.3, 0.4) is 0 Å². The zero-order valence-electron chi connectivity index (χ0n) is 18.4. The third kappa shape index (κ3) is 3.69. The van der Waals surface area contributed by atoms with Gasteiger partial charge in [0.05, 0.1) is 16.0 Å². The highest BCUT2D eigenvalue weighted by Crippen LogP contribution is 2.61. The van der Waals surface area contributed by atoms with E-state index >= 15 is 0 Å². The number of fused-ring (bicyclic) bond motifs is 6. The Hall–Kier alpha value is -3.00. The molecule has 1 spiro atoms. The van der Waals surface area contributed by atoms with Crippen LogP contribution in [0.25, 0.3) is 0 Å². The van der Waals surface area contributed by atoms with Crippen LogP contribution in [0.1, 0.15) is 25.0 Å². The lowest BCUT2D eigenvalue weighted by atomic mass is 9.71. The van der Waals surface area contributed by atoms with E-state index in [-0.39, 0.29) is 44.8 Å². The Balaban J connectivity index is 1.80. The van der Waals surface area contributed by atoms with Crippen molar-refractivity contribution < 1.29 is 33.3 Å². The van der Waals surface area contributed by atoms with E-state index in [0.717, 1.165) is 0 Å². The first-order valence-electron chi connectivity index (χ1n) is 10.6. The first kappa shape index (κ1) is 23.7. The summed E-state index contributed by atoms with van der Waals surface area (Å²) < 4.78 is 22.7. The van der Waals surface area contributed by atoms with Crippen molar-refractivity contribution in [1.29, 1.82) is 0 Å². The van der Waals surface area contributed by atoms with E-state index in [1.807, 2.05) is 12.2 Å². The summed E-state index contributed by atoms with van der Waals surface area (Å²) >= 11 is 19.1. The molecule has 0 amide bonds. The summed E-state index contributed by atoms with van der Waals surface area (Å²) in [5.74, 6) is -1.71. The fourth-order valence-electron chi connectivity index (χ4n) is 4.74. The van der Waals surface area contributed by atoms with Gasteiger partial charge >= 0.3 is 17.9 Å². The molecule has 2 aromatic rings. The number of ether oxygens (including phenoxy) is 4. The average Bonchev–Trinajstić information content (AvgIpc) is 3.09. The van der Waals surface area contributed by atoms with Crippen molar-refractivity contribution in [2.45, 2.75) is 19.4 Å². The summed E-state index contributed by atoms with van der Waals surface area (Å²) in [6.07, 6.45) is 5.48. The molecule has 1 saturated heterocycles. The van der Waals surface area contributed by atoms with E-state index in [9.17, 15) is 14.4 Å².